The molecule has 0 heterocycles. The van der Waals surface area contributed by atoms with E-state index in [4.69, 9.17) is 5.41 Å². The molecule has 9 heavy (non-hydrogen) atoms. The third-order valence-corrected chi connectivity index (χ3v) is 2.54. The first-order chi connectivity index (χ1) is 4.22. The molecule has 0 aromatic carbocycles. The third-order valence-electron chi connectivity index (χ3n) is 2.54. The maximum Gasteiger partial charge on any atom is 0.00891 e. The Hall–Kier alpha value is -0.330. The van der Waals surface area contributed by atoms with Crippen LogP contribution in [0.4, 0.5) is 0 Å². The highest BCUT2D eigenvalue weighted by molar-refractivity contribution is 5.81. The standard InChI is InChI=1S/C8H15N/c1-6(7(2)9)8-4-3-5-8/h6,8-9H,3-5H2,1-2H3/t6-/m0/s1. The summed E-state index contributed by atoms with van der Waals surface area (Å²) in [5.41, 5.74) is 0.861. The zero-order valence-corrected chi connectivity index (χ0v) is 6.28. The molecule has 1 atom stereocenters. The van der Waals surface area contributed by atoms with Crippen LogP contribution in [0.3, 0.4) is 0 Å². The lowest BCUT2D eigenvalue weighted by atomic mass is 9.75. The van der Waals surface area contributed by atoms with Gasteiger partial charge in [-0.2, -0.15) is 0 Å². The van der Waals surface area contributed by atoms with E-state index in [1.165, 1.54) is 19.3 Å². The van der Waals surface area contributed by atoms with Crippen molar-refractivity contribution in [2.75, 3.05) is 0 Å². The summed E-state index contributed by atoms with van der Waals surface area (Å²) >= 11 is 0. The third kappa shape index (κ3) is 1.32. The van der Waals surface area contributed by atoms with Crippen molar-refractivity contribution in [1.82, 2.24) is 0 Å². The highest BCUT2D eigenvalue weighted by Gasteiger charge is 2.24. The smallest absolute Gasteiger partial charge is 0.00891 e. The Labute approximate surface area is 57.0 Å². The second-order valence-electron chi connectivity index (χ2n) is 3.16. The minimum absolute atomic E-state index is 0.554. The van der Waals surface area contributed by atoms with E-state index in [2.05, 4.69) is 6.92 Å². The van der Waals surface area contributed by atoms with Crippen LogP contribution in [0.25, 0.3) is 0 Å². The molecule has 1 fully saturated rings. The van der Waals surface area contributed by atoms with Gasteiger partial charge >= 0.3 is 0 Å². The van der Waals surface area contributed by atoms with Crippen molar-refractivity contribution in [3.63, 3.8) is 0 Å². The summed E-state index contributed by atoms with van der Waals surface area (Å²) in [4.78, 5) is 0. The summed E-state index contributed by atoms with van der Waals surface area (Å²) in [6.07, 6.45) is 4.11. The van der Waals surface area contributed by atoms with Crippen molar-refractivity contribution < 1.29 is 0 Å². The zero-order chi connectivity index (χ0) is 6.85. The van der Waals surface area contributed by atoms with Gasteiger partial charge in [0.25, 0.3) is 0 Å². The summed E-state index contributed by atoms with van der Waals surface area (Å²) in [6, 6.07) is 0. The normalized spacial score (nSPS) is 22.9. The fraction of sp³-hybridized carbons (Fsp3) is 0.875. The van der Waals surface area contributed by atoms with Gasteiger partial charge in [0.15, 0.2) is 0 Å². The number of nitrogens with one attached hydrogen (secondary N) is 1. The molecule has 0 unspecified atom stereocenters. The average molecular weight is 125 g/mol. The van der Waals surface area contributed by atoms with Crippen molar-refractivity contribution in [1.29, 1.82) is 5.41 Å². The van der Waals surface area contributed by atoms with Gasteiger partial charge in [-0.05, 0) is 31.6 Å². The summed E-state index contributed by atoms with van der Waals surface area (Å²) in [7, 11) is 0. The average Bonchev–Trinajstić information content (AvgIpc) is 1.60. The van der Waals surface area contributed by atoms with Crippen LogP contribution in [-0.4, -0.2) is 5.71 Å². The number of rotatable bonds is 2. The van der Waals surface area contributed by atoms with E-state index in [1.807, 2.05) is 6.92 Å². The summed E-state index contributed by atoms with van der Waals surface area (Å²) in [5.74, 6) is 1.40. The Morgan fingerprint density at radius 1 is 1.56 bits per heavy atom. The zero-order valence-electron chi connectivity index (χ0n) is 6.28. The molecule has 1 rings (SSSR count). The summed E-state index contributed by atoms with van der Waals surface area (Å²) < 4.78 is 0. The van der Waals surface area contributed by atoms with Crippen molar-refractivity contribution in [3.05, 3.63) is 0 Å². The Balaban J connectivity index is 2.32. The molecule has 52 valence electrons. The van der Waals surface area contributed by atoms with Gasteiger partial charge in [-0.1, -0.05) is 13.3 Å². The van der Waals surface area contributed by atoms with Gasteiger partial charge in [0, 0.05) is 5.71 Å². The van der Waals surface area contributed by atoms with Crippen LogP contribution in [0.5, 0.6) is 0 Å². The van der Waals surface area contributed by atoms with Crippen LogP contribution in [0.2, 0.25) is 0 Å². The van der Waals surface area contributed by atoms with Crippen LogP contribution < -0.4 is 0 Å². The molecule has 0 bridgehead atoms. The lowest BCUT2D eigenvalue weighted by Gasteiger charge is -2.30. The summed E-state index contributed by atoms with van der Waals surface area (Å²) in [5, 5.41) is 7.37. The molecule has 0 aromatic heterocycles. The first-order valence-corrected chi connectivity index (χ1v) is 3.77. The largest absolute Gasteiger partial charge is 0.310 e. The molecule has 0 aromatic rings. The quantitative estimate of drug-likeness (QED) is 0.548. The molecule has 1 saturated carbocycles. The number of hydrogen-bond donors (Lipinski definition) is 1. The van der Waals surface area contributed by atoms with Crippen molar-refractivity contribution in [3.8, 4) is 0 Å². The van der Waals surface area contributed by atoms with E-state index in [-0.39, 0.29) is 0 Å². The first-order valence-electron chi connectivity index (χ1n) is 3.77. The molecule has 1 aliphatic rings. The van der Waals surface area contributed by atoms with Crippen molar-refractivity contribution in [2.45, 2.75) is 33.1 Å². The van der Waals surface area contributed by atoms with Crippen molar-refractivity contribution in [2.24, 2.45) is 11.8 Å². The van der Waals surface area contributed by atoms with Gasteiger partial charge in [0.05, 0.1) is 0 Å². The van der Waals surface area contributed by atoms with Gasteiger partial charge < -0.3 is 5.41 Å². The van der Waals surface area contributed by atoms with E-state index in [0.717, 1.165) is 11.6 Å². The topological polar surface area (TPSA) is 23.9 Å². The molecule has 1 heteroatoms. The Morgan fingerprint density at radius 2 is 2.11 bits per heavy atom. The van der Waals surface area contributed by atoms with Crippen LogP contribution in [0, 0.1) is 17.2 Å². The molecule has 0 amide bonds. The van der Waals surface area contributed by atoms with Crippen LogP contribution in [0.15, 0.2) is 0 Å². The second-order valence-corrected chi connectivity index (χ2v) is 3.16. The predicted octanol–water partition coefficient (Wildman–Crippen LogP) is 2.46. The van der Waals surface area contributed by atoms with E-state index >= 15 is 0 Å². The highest BCUT2D eigenvalue weighted by atomic mass is 14.4. The summed E-state index contributed by atoms with van der Waals surface area (Å²) in [6.45, 7) is 4.09. The first kappa shape index (κ1) is 6.79. The van der Waals surface area contributed by atoms with E-state index in [9.17, 15) is 0 Å². The fourth-order valence-electron chi connectivity index (χ4n) is 1.29. The van der Waals surface area contributed by atoms with E-state index in [0.29, 0.717) is 5.92 Å². The monoisotopic (exact) mass is 125 g/mol. The van der Waals surface area contributed by atoms with Crippen molar-refractivity contribution >= 4 is 5.71 Å². The van der Waals surface area contributed by atoms with Gasteiger partial charge in [0.2, 0.25) is 0 Å². The van der Waals surface area contributed by atoms with Crippen LogP contribution in [-0.2, 0) is 0 Å². The number of hydrogen-bond acceptors (Lipinski definition) is 1. The lowest BCUT2D eigenvalue weighted by Crippen LogP contribution is -2.24. The minimum atomic E-state index is 0.554. The Bertz CT molecular complexity index is 114. The Morgan fingerprint density at radius 3 is 2.22 bits per heavy atom. The van der Waals surface area contributed by atoms with Gasteiger partial charge in [0.1, 0.15) is 0 Å². The van der Waals surface area contributed by atoms with Gasteiger partial charge in [-0.3, -0.25) is 0 Å². The Kier molecular flexibility index (Phi) is 1.89. The molecule has 0 saturated heterocycles. The predicted molar refractivity (Wildman–Crippen MR) is 39.9 cm³/mol. The second kappa shape index (κ2) is 2.51. The van der Waals surface area contributed by atoms with Crippen LogP contribution in [0.1, 0.15) is 33.1 Å². The van der Waals surface area contributed by atoms with E-state index in [1.54, 1.807) is 0 Å². The molecule has 1 aliphatic carbocycles. The molecule has 1 N–H and O–H groups in total. The molecule has 0 spiro atoms. The SMILES string of the molecule is CC(=N)[C@H](C)C1CCC1. The molecule has 1 nitrogen and oxygen atoms in total. The van der Waals surface area contributed by atoms with E-state index < -0.39 is 0 Å². The maximum absolute atomic E-state index is 7.37. The highest BCUT2D eigenvalue weighted by Crippen LogP contribution is 2.33. The van der Waals surface area contributed by atoms with Gasteiger partial charge in [-0.25, -0.2) is 0 Å². The van der Waals surface area contributed by atoms with Crippen LogP contribution >= 0.6 is 0 Å². The molecular formula is C8H15N. The molecule has 0 radical (unpaired) electrons. The maximum atomic E-state index is 7.37. The van der Waals surface area contributed by atoms with Gasteiger partial charge in [-0.15, -0.1) is 0 Å². The lowest BCUT2D eigenvalue weighted by molar-refractivity contribution is 0.266. The fourth-order valence-corrected chi connectivity index (χ4v) is 1.29. The molecular weight excluding hydrogens is 110 g/mol. The molecule has 0 aliphatic heterocycles. The minimum Gasteiger partial charge on any atom is -0.310 e.